The van der Waals surface area contributed by atoms with E-state index in [0.717, 1.165) is 11.1 Å². The third kappa shape index (κ3) is 4.71. The van der Waals surface area contributed by atoms with Crippen LogP contribution >= 0.6 is 0 Å². The molecule has 0 fully saturated rings. The lowest BCUT2D eigenvalue weighted by Gasteiger charge is -2.13. The van der Waals surface area contributed by atoms with Crippen molar-refractivity contribution in [2.45, 2.75) is 32.1 Å². The Bertz CT molecular complexity index is 1160. The summed E-state index contributed by atoms with van der Waals surface area (Å²) in [6.45, 7) is 5.56. The molecule has 2 aromatic carbocycles. The van der Waals surface area contributed by atoms with E-state index < -0.39 is 9.84 Å². The average molecular weight is 429 g/mol. The molecule has 0 unspecified atom stereocenters. The molecule has 0 spiro atoms. The van der Waals surface area contributed by atoms with Gasteiger partial charge < -0.3 is 14.6 Å². The van der Waals surface area contributed by atoms with Crippen LogP contribution in [0, 0.1) is 20.8 Å². The molecule has 158 valence electrons. The summed E-state index contributed by atoms with van der Waals surface area (Å²) in [6.07, 6.45) is -0.176. The monoisotopic (exact) mass is 428 g/mol. The van der Waals surface area contributed by atoms with Crippen LogP contribution in [0.4, 0.5) is 5.69 Å². The summed E-state index contributed by atoms with van der Waals surface area (Å²) in [7, 11) is -2.38. The number of methoxy groups -OCH3 is 1. The Balaban J connectivity index is 1.80. The maximum Gasteiger partial charge on any atom is 0.225 e. The highest BCUT2D eigenvalue weighted by atomic mass is 32.2. The van der Waals surface area contributed by atoms with Crippen LogP contribution in [0.3, 0.4) is 0 Å². The van der Waals surface area contributed by atoms with Crippen molar-refractivity contribution in [2.75, 3.05) is 18.2 Å². The fourth-order valence-corrected chi connectivity index (χ4v) is 4.56. The number of anilines is 1. The molecule has 0 saturated heterocycles. The quantitative estimate of drug-likeness (QED) is 0.609. The first-order valence-corrected chi connectivity index (χ1v) is 11.1. The van der Waals surface area contributed by atoms with E-state index in [-0.39, 0.29) is 28.7 Å². The summed E-state index contributed by atoms with van der Waals surface area (Å²) in [5.74, 6) is -0.0413. The number of aryl methyl sites for hydroxylation is 3. The Kier molecular flexibility index (Phi) is 6.26. The van der Waals surface area contributed by atoms with E-state index in [0.29, 0.717) is 22.7 Å². The van der Waals surface area contributed by atoms with E-state index in [4.69, 9.17) is 9.26 Å². The maximum absolute atomic E-state index is 13.0. The van der Waals surface area contributed by atoms with E-state index in [1.54, 1.807) is 25.1 Å². The summed E-state index contributed by atoms with van der Waals surface area (Å²) in [4.78, 5) is 12.4. The Morgan fingerprint density at radius 1 is 1.10 bits per heavy atom. The predicted octanol–water partition coefficient (Wildman–Crippen LogP) is 4.08. The van der Waals surface area contributed by atoms with Gasteiger partial charge in [0.2, 0.25) is 5.91 Å². The summed E-state index contributed by atoms with van der Waals surface area (Å²) >= 11 is 0. The number of ether oxygens (including phenoxy) is 1. The topological polar surface area (TPSA) is 98.5 Å². The molecule has 3 aromatic rings. The second-order valence-corrected chi connectivity index (χ2v) is 9.16. The first kappa shape index (κ1) is 21.6. The van der Waals surface area contributed by atoms with Crippen molar-refractivity contribution >= 4 is 21.4 Å². The fourth-order valence-electron chi connectivity index (χ4n) is 3.12. The number of carbonyl (C=O) groups excluding carboxylic acids is 1. The number of carbonyl (C=O) groups is 1. The third-order valence-corrected chi connectivity index (χ3v) is 6.49. The molecule has 0 radical (unpaired) electrons. The third-order valence-electron chi connectivity index (χ3n) is 4.75. The van der Waals surface area contributed by atoms with Gasteiger partial charge in [-0.15, -0.1) is 0 Å². The first-order valence-electron chi connectivity index (χ1n) is 9.42. The van der Waals surface area contributed by atoms with E-state index in [1.807, 2.05) is 32.0 Å². The normalized spacial score (nSPS) is 11.3. The number of rotatable bonds is 7. The molecule has 0 saturated carbocycles. The molecule has 0 aliphatic rings. The average Bonchev–Trinajstić information content (AvgIpc) is 3.15. The molecule has 0 bridgehead atoms. The molecule has 0 aliphatic heterocycles. The molecule has 0 atom stereocenters. The van der Waals surface area contributed by atoms with Crippen LogP contribution in [0.25, 0.3) is 11.3 Å². The number of sulfone groups is 1. The lowest BCUT2D eigenvalue weighted by Crippen LogP contribution is -2.19. The van der Waals surface area contributed by atoms with Crippen LogP contribution < -0.4 is 10.1 Å². The van der Waals surface area contributed by atoms with Crippen LogP contribution in [0.15, 0.2) is 51.9 Å². The van der Waals surface area contributed by atoms with Gasteiger partial charge in [0.25, 0.3) is 0 Å². The molecule has 8 heteroatoms. The summed E-state index contributed by atoms with van der Waals surface area (Å²) in [5, 5.41) is 6.65. The molecule has 1 amide bonds. The van der Waals surface area contributed by atoms with Gasteiger partial charge in [-0.2, -0.15) is 0 Å². The molecule has 30 heavy (non-hydrogen) atoms. The van der Waals surface area contributed by atoms with Gasteiger partial charge in [-0.3, -0.25) is 4.79 Å². The highest BCUT2D eigenvalue weighted by Crippen LogP contribution is 2.31. The van der Waals surface area contributed by atoms with E-state index in [9.17, 15) is 13.2 Å². The largest absolute Gasteiger partial charge is 0.495 e. The number of benzene rings is 2. The molecular weight excluding hydrogens is 404 g/mol. The van der Waals surface area contributed by atoms with Gasteiger partial charge in [0.1, 0.15) is 10.6 Å². The van der Waals surface area contributed by atoms with Crippen LogP contribution in [0.1, 0.15) is 23.2 Å². The minimum atomic E-state index is -3.78. The maximum atomic E-state index is 13.0. The minimum absolute atomic E-state index is 0.0106. The van der Waals surface area contributed by atoms with Crippen LogP contribution in [-0.4, -0.2) is 32.3 Å². The van der Waals surface area contributed by atoms with Gasteiger partial charge in [0.15, 0.2) is 15.6 Å². The Hall–Kier alpha value is -3.13. The molecule has 3 rings (SSSR count). The van der Waals surface area contributed by atoms with E-state index in [1.165, 1.54) is 13.2 Å². The summed E-state index contributed by atoms with van der Waals surface area (Å²) in [6, 6.07) is 12.2. The van der Waals surface area contributed by atoms with Gasteiger partial charge in [-0.05, 0) is 50.1 Å². The summed E-state index contributed by atoms with van der Waals surface area (Å²) in [5.41, 5.74) is 3.80. The molecule has 7 nitrogen and oxygen atoms in total. The van der Waals surface area contributed by atoms with Gasteiger partial charge in [-0.25, -0.2) is 8.42 Å². The number of nitrogens with one attached hydrogen (secondary N) is 1. The predicted molar refractivity (Wildman–Crippen MR) is 114 cm³/mol. The molecule has 1 aromatic heterocycles. The first-order chi connectivity index (χ1) is 14.2. The number of para-hydroxylation sites is 1. The number of amides is 1. The number of aromatic nitrogens is 1. The van der Waals surface area contributed by atoms with Gasteiger partial charge >= 0.3 is 0 Å². The second-order valence-electron chi connectivity index (χ2n) is 7.08. The zero-order valence-electron chi connectivity index (χ0n) is 17.4. The molecule has 1 heterocycles. The van der Waals surface area contributed by atoms with Gasteiger partial charge in [0.05, 0.1) is 18.6 Å². The highest BCUT2D eigenvalue weighted by Gasteiger charge is 2.23. The van der Waals surface area contributed by atoms with Crippen LogP contribution in [0.5, 0.6) is 5.75 Å². The smallest absolute Gasteiger partial charge is 0.225 e. The Labute approximate surface area is 176 Å². The number of hydrogen-bond donors (Lipinski definition) is 1. The minimum Gasteiger partial charge on any atom is -0.495 e. The van der Waals surface area contributed by atoms with Crippen molar-refractivity contribution in [1.82, 2.24) is 5.16 Å². The molecule has 1 N–H and O–H groups in total. The second kappa shape index (κ2) is 8.71. The fraction of sp³-hybridized carbons (Fsp3) is 0.273. The SMILES string of the molecule is COc1ccc(-c2cc(C)no2)cc1S(=O)(=O)CCC(=O)Nc1c(C)cccc1C. The standard InChI is InChI=1S/C22H24N2O5S/c1-14-6-5-7-15(2)22(14)23-21(25)10-11-30(26,27)20-13-17(8-9-18(20)28-4)19-12-16(3)24-29-19/h5-9,12-13H,10-11H2,1-4H3,(H,23,25). The van der Waals surface area contributed by atoms with Crippen molar-refractivity contribution in [3.8, 4) is 17.1 Å². The van der Waals surface area contributed by atoms with Crippen LogP contribution in [0.2, 0.25) is 0 Å². The van der Waals surface area contributed by atoms with E-state index in [2.05, 4.69) is 10.5 Å². The summed E-state index contributed by atoms with van der Waals surface area (Å²) < 4.78 is 36.4. The zero-order valence-corrected chi connectivity index (χ0v) is 18.2. The highest BCUT2D eigenvalue weighted by molar-refractivity contribution is 7.91. The number of nitrogens with zero attached hydrogens (tertiary/aromatic N) is 1. The Morgan fingerprint density at radius 3 is 2.40 bits per heavy atom. The molecular formula is C22H24N2O5S. The van der Waals surface area contributed by atoms with E-state index >= 15 is 0 Å². The number of hydrogen-bond acceptors (Lipinski definition) is 6. The van der Waals surface area contributed by atoms with Crippen molar-refractivity contribution in [1.29, 1.82) is 0 Å². The Morgan fingerprint density at radius 2 is 1.80 bits per heavy atom. The lowest BCUT2D eigenvalue weighted by atomic mass is 10.1. The zero-order chi connectivity index (χ0) is 21.9. The van der Waals surface area contributed by atoms with Gasteiger partial charge in [-0.1, -0.05) is 23.4 Å². The molecule has 0 aliphatic carbocycles. The van der Waals surface area contributed by atoms with Gasteiger partial charge in [0, 0.05) is 23.7 Å². The van der Waals surface area contributed by atoms with Crippen molar-refractivity contribution in [3.05, 3.63) is 59.3 Å². The van der Waals surface area contributed by atoms with Crippen molar-refractivity contribution in [3.63, 3.8) is 0 Å². The van der Waals surface area contributed by atoms with Crippen molar-refractivity contribution < 1.29 is 22.5 Å². The lowest BCUT2D eigenvalue weighted by molar-refractivity contribution is -0.115. The van der Waals surface area contributed by atoms with Crippen LogP contribution in [-0.2, 0) is 14.6 Å². The van der Waals surface area contributed by atoms with Crippen molar-refractivity contribution in [2.24, 2.45) is 0 Å².